The van der Waals surface area contributed by atoms with Crippen LogP contribution >= 0.6 is 23.4 Å². The Morgan fingerprint density at radius 2 is 1.65 bits per heavy atom. The molecule has 0 saturated heterocycles. The maximum absolute atomic E-state index is 13.4. The number of hydrogen-bond acceptors (Lipinski definition) is 6. The van der Waals surface area contributed by atoms with Crippen molar-refractivity contribution in [1.29, 1.82) is 0 Å². The van der Waals surface area contributed by atoms with Crippen molar-refractivity contribution in [2.24, 2.45) is 0 Å². The van der Waals surface area contributed by atoms with Crippen molar-refractivity contribution in [3.63, 3.8) is 0 Å². The molecule has 2 amide bonds. The Morgan fingerprint density at radius 1 is 0.912 bits per heavy atom. The third kappa shape index (κ3) is 5.21. The first-order chi connectivity index (χ1) is 16.5. The molecule has 1 aliphatic heterocycles. The molecule has 3 aromatic carbocycles. The number of benzene rings is 3. The number of hydrogen-bond donors (Lipinski definition) is 1. The normalized spacial score (nSPS) is 13.4. The van der Waals surface area contributed by atoms with Gasteiger partial charge >= 0.3 is 0 Å². The Labute approximate surface area is 207 Å². The number of imide groups is 1. The summed E-state index contributed by atoms with van der Waals surface area (Å²) in [4.78, 5) is 29.2. The molecule has 0 saturated carbocycles. The highest BCUT2D eigenvalue weighted by molar-refractivity contribution is 8.04. The van der Waals surface area contributed by atoms with Crippen molar-refractivity contribution in [2.45, 2.75) is 11.3 Å². The van der Waals surface area contributed by atoms with Crippen LogP contribution in [0.15, 0.2) is 88.3 Å². The van der Waals surface area contributed by atoms with E-state index < -0.39 is 0 Å². The Bertz CT molecular complexity index is 1230. The zero-order valence-corrected chi connectivity index (χ0v) is 20.3. The topological polar surface area (TPSA) is 67.9 Å². The molecular formula is C26H23ClN2O4S. The lowest BCUT2D eigenvalue weighted by Gasteiger charge is -2.16. The van der Waals surface area contributed by atoms with Gasteiger partial charge in [-0.1, -0.05) is 53.7 Å². The fourth-order valence-electron chi connectivity index (χ4n) is 3.51. The molecule has 0 radical (unpaired) electrons. The lowest BCUT2D eigenvalue weighted by Crippen LogP contribution is -2.34. The number of carbonyl (C=O) groups excluding carboxylic acids is 2. The van der Waals surface area contributed by atoms with Gasteiger partial charge in [-0.25, -0.2) is 0 Å². The second kappa shape index (κ2) is 10.7. The first kappa shape index (κ1) is 23.7. The van der Waals surface area contributed by atoms with Crippen LogP contribution in [0.5, 0.6) is 11.5 Å². The predicted octanol–water partition coefficient (Wildman–Crippen LogP) is 5.38. The molecule has 0 atom stereocenters. The standard InChI is InChI=1S/C26H23ClN2O4S/c1-32-19-10-13-22(33-2)21(16-19)28-23-24(34-20-11-8-18(27)9-12-20)26(31)29(25(23)30)15-14-17-6-4-3-5-7-17/h3-13,16,28H,14-15H2,1-2H3. The molecule has 8 heteroatoms. The molecule has 0 bridgehead atoms. The van der Waals surface area contributed by atoms with Gasteiger partial charge in [0.25, 0.3) is 11.8 Å². The number of amides is 2. The Hall–Kier alpha value is -3.42. The summed E-state index contributed by atoms with van der Waals surface area (Å²) in [7, 11) is 3.10. The molecule has 1 heterocycles. The molecule has 4 rings (SSSR count). The van der Waals surface area contributed by atoms with Gasteiger partial charge in [-0.05, 0) is 48.4 Å². The number of carbonyl (C=O) groups is 2. The fraction of sp³-hybridized carbons (Fsp3) is 0.154. The van der Waals surface area contributed by atoms with E-state index in [2.05, 4.69) is 5.32 Å². The van der Waals surface area contributed by atoms with Crippen LogP contribution in [0.4, 0.5) is 5.69 Å². The molecule has 3 aromatic rings. The van der Waals surface area contributed by atoms with Crippen molar-refractivity contribution in [3.8, 4) is 11.5 Å². The predicted molar refractivity (Wildman–Crippen MR) is 134 cm³/mol. The fourth-order valence-corrected chi connectivity index (χ4v) is 4.59. The van der Waals surface area contributed by atoms with Gasteiger partial charge in [0.1, 0.15) is 22.1 Å². The maximum atomic E-state index is 13.4. The first-order valence-corrected chi connectivity index (χ1v) is 11.8. The van der Waals surface area contributed by atoms with E-state index in [0.29, 0.717) is 33.5 Å². The summed E-state index contributed by atoms with van der Waals surface area (Å²) in [6.45, 7) is 0.271. The van der Waals surface area contributed by atoms with Crippen molar-refractivity contribution < 1.29 is 19.1 Å². The highest BCUT2D eigenvalue weighted by Crippen LogP contribution is 2.38. The van der Waals surface area contributed by atoms with Crippen molar-refractivity contribution in [3.05, 3.63) is 94.0 Å². The van der Waals surface area contributed by atoms with Gasteiger partial charge in [0.2, 0.25) is 0 Å². The van der Waals surface area contributed by atoms with E-state index in [-0.39, 0.29) is 24.1 Å². The first-order valence-electron chi connectivity index (χ1n) is 10.6. The molecule has 0 unspecified atom stereocenters. The van der Waals surface area contributed by atoms with Crippen LogP contribution in [0.1, 0.15) is 5.56 Å². The van der Waals surface area contributed by atoms with Crippen LogP contribution in [-0.2, 0) is 16.0 Å². The zero-order valence-electron chi connectivity index (χ0n) is 18.7. The zero-order chi connectivity index (χ0) is 24.1. The number of methoxy groups -OCH3 is 2. The molecule has 174 valence electrons. The van der Waals surface area contributed by atoms with Gasteiger partial charge in [0.05, 0.1) is 19.9 Å². The second-order valence-corrected chi connectivity index (χ2v) is 8.97. The minimum Gasteiger partial charge on any atom is -0.497 e. The van der Waals surface area contributed by atoms with Gasteiger partial charge < -0.3 is 14.8 Å². The Kier molecular flexibility index (Phi) is 7.45. The van der Waals surface area contributed by atoms with Crippen LogP contribution in [0.25, 0.3) is 0 Å². The summed E-state index contributed by atoms with van der Waals surface area (Å²) in [5.74, 6) is 0.383. The minimum absolute atomic E-state index is 0.199. The molecule has 34 heavy (non-hydrogen) atoms. The molecule has 1 N–H and O–H groups in total. The second-order valence-electron chi connectivity index (χ2n) is 7.45. The number of rotatable bonds is 9. The van der Waals surface area contributed by atoms with Crippen molar-refractivity contribution in [1.82, 2.24) is 4.90 Å². The average Bonchev–Trinajstić information content (AvgIpc) is 3.08. The number of nitrogens with one attached hydrogen (secondary N) is 1. The van der Waals surface area contributed by atoms with Crippen molar-refractivity contribution in [2.75, 3.05) is 26.1 Å². The molecule has 0 fully saturated rings. The van der Waals surface area contributed by atoms with E-state index in [0.717, 1.165) is 10.5 Å². The number of anilines is 1. The van der Waals surface area contributed by atoms with Crippen molar-refractivity contribution >= 4 is 40.9 Å². The monoisotopic (exact) mass is 494 g/mol. The van der Waals surface area contributed by atoms with E-state index >= 15 is 0 Å². The van der Waals surface area contributed by atoms with Crippen LogP contribution in [0, 0.1) is 0 Å². The minimum atomic E-state index is -0.387. The molecule has 6 nitrogen and oxygen atoms in total. The lowest BCUT2D eigenvalue weighted by molar-refractivity contribution is -0.137. The van der Waals surface area contributed by atoms with E-state index in [1.165, 1.54) is 16.7 Å². The van der Waals surface area contributed by atoms with Crippen LogP contribution in [-0.4, -0.2) is 37.5 Å². The van der Waals surface area contributed by atoms with Gasteiger partial charge in [0.15, 0.2) is 0 Å². The molecular weight excluding hydrogens is 472 g/mol. The molecule has 0 aromatic heterocycles. The van der Waals surface area contributed by atoms with E-state index in [4.69, 9.17) is 21.1 Å². The summed E-state index contributed by atoms with van der Waals surface area (Å²) in [6, 6.07) is 22.1. The summed E-state index contributed by atoms with van der Waals surface area (Å²) in [5.41, 5.74) is 1.77. The number of halogens is 1. The van der Waals surface area contributed by atoms with Crippen LogP contribution < -0.4 is 14.8 Å². The highest BCUT2D eigenvalue weighted by Gasteiger charge is 2.39. The van der Waals surface area contributed by atoms with Crippen LogP contribution in [0.3, 0.4) is 0 Å². The highest BCUT2D eigenvalue weighted by atomic mass is 35.5. The lowest BCUT2D eigenvalue weighted by atomic mass is 10.1. The van der Waals surface area contributed by atoms with Gasteiger partial charge in [-0.15, -0.1) is 0 Å². The van der Waals surface area contributed by atoms with E-state index in [1.54, 1.807) is 44.6 Å². The van der Waals surface area contributed by atoms with Gasteiger partial charge in [-0.2, -0.15) is 0 Å². The van der Waals surface area contributed by atoms with Gasteiger partial charge in [0, 0.05) is 22.5 Å². The molecule has 0 aliphatic carbocycles. The third-order valence-electron chi connectivity index (χ3n) is 5.29. The molecule has 0 spiro atoms. The summed E-state index contributed by atoms with van der Waals surface area (Å²) < 4.78 is 10.8. The summed E-state index contributed by atoms with van der Waals surface area (Å²) in [5, 5.41) is 3.73. The third-order valence-corrected chi connectivity index (χ3v) is 6.63. The number of nitrogens with zero attached hydrogens (tertiary/aromatic N) is 1. The number of thioether (sulfide) groups is 1. The van der Waals surface area contributed by atoms with E-state index in [1.807, 2.05) is 42.5 Å². The SMILES string of the molecule is COc1ccc(OC)c(NC2=C(Sc3ccc(Cl)cc3)C(=O)N(CCc3ccccc3)C2=O)c1. The molecule has 1 aliphatic rings. The van der Waals surface area contributed by atoms with Gasteiger partial charge in [-0.3, -0.25) is 14.5 Å². The average molecular weight is 495 g/mol. The number of ether oxygens (including phenoxy) is 2. The van der Waals surface area contributed by atoms with Crippen LogP contribution in [0.2, 0.25) is 5.02 Å². The Morgan fingerprint density at radius 3 is 2.32 bits per heavy atom. The smallest absolute Gasteiger partial charge is 0.278 e. The maximum Gasteiger partial charge on any atom is 0.278 e. The Balaban J connectivity index is 1.67. The largest absolute Gasteiger partial charge is 0.497 e. The summed E-state index contributed by atoms with van der Waals surface area (Å²) >= 11 is 7.23. The quantitative estimate of drug-likeness (QED) is 0.402. The van der Waals surface area contributed by atoms with E-state index in [9.17, 15) is 9.59 Å². The summed E-state index contributed by atoms with van der Waals surface area (Å²) in [6.07, 6.45) is 0.562.